The van der Waals surface area contributed by atoms with Gasteiger partial charge in [0.15, 0.2) is 0 Å². The topological polar surface area (TPSA) is 61.4 Å². The van der Waals surface area contributed by atoms with Crippen LogP contribution in [-0.4, -0.2) is 31.4 Å². The monoisotopic (exact) mass is 393 g/mol. The van der Waals surface area contributed by atoms with Crippen LogP contribution in [0.2, 0.25) is 0 Å². The van der Waals surface area contributed by atoms with Gasteiger partial charge in [-0.25, -0.2) is 0 Å². The Labute approximate surface area is 173 Å². The van der Waals surface area contributed by atoms with Gasteiger partial charge >= 0.3 is 11.8 Å². The Morgan fingerprint density at radius 2 is 1.52 bits per heavy atom. The molecule has 0 bridgehead atoms. The SMILES string of the molecule is Cc1cc(C)c(NC(=O)C(=O)NCCc2ccc(N3CCCCC3)cc2)c(C)c1. The fourth-order valence-electron chi connectivity index (χ4n) is 3.97. The summed E-state index contributed by atoms with van der Waals surface area (Å²) in [6.07, 6.45) is 4.54. The van der Waals surface area contributed by atoms with Crippen LogP contribution in [0.1, 0.15) is 41.5 Å². The lowest BCUT2D eigenvalue weighted by molar-refractivity contribution is -0.136. The van der Waals surface area contributed by atoms with Crippen LogP contribution >= 0.6 is 0 Å². The Hall–Kier alpha value is -2.82. The average molecular weight is 394 g/mol. The quantitative estimate of drug-likeness (QED) is 0.758. The number of aryl methyl sites for hydroxylation is 3. The van der Waals surface area contributed by atoms with E-state index in [9.17, 15) is 9.59 Å². The van der Waals surface area contributed by atoms with Gasteiger partial charge in [0.05, 0.1) is 0 Å². The molecule has 1 aliphatic heterocycles. The van der Waals surface area contributed by atoms with Crippen molar-refractivity contribution in [3.63, 3.8) is 0 Å². The summed E-state index contributed by atoms with van der Waals surface area (Å²) in [5, 5.41) is 5.46. The van der Waals surface area contributed by atoms with Crippen molar-refractivity contribution in [3.05, 3.63) is 58.7 Å². The first kappa shape index (κ1) is 20.9. The van der Waals surface area contributed by atoms with Gasteiger partial charge in [-0.05, 0) is 75.3 Å². The molecular formula is C24H31N3O2. The number of rotatable bonds is 5. The number of carbonyl (C=O) groups excluding carboxylic acids is 2. The molecule has 2 aromatic carbocycles. The molecule has 0 spiro atoms. The van der Waals surface area contributed by atoms with E-state index in [1.807, 2.05) is 32.9 Å². The molecule has 0 aromatic heterocycles. The van der Waals surface area contributed by atoms with E-state index in [0.29, 0.717) is 18.7 Å². The zero-order valence-electron chi connectivity index (χ0n) is 17.7. The Bertz CT molecular complexity index is 845. The average Bonchev–Trinajstić information content (AvgIpc) is 2.71. The van der Waals surface area contributed by atoms with E-state index in [0.717, 1.165) is 35.3 Å². The van der Waals surface area contributed by atoms with Gasteiger partial charge in [-0.1, -0.05) is 29.8 Å². The van der Waals surface area contributed by atoms with Crippen molar-refractivity contribution in [1.82, 2.24) is 5.32 Å². The molecule has 0 atom stereocenters. The van der Waals surface area contributed by atoms with Gasteiger partial charge in [0.2, 0.25) is 0 Å². The van der Waals surface area contributed by atoms with E-state index >= 15 is 0 Å². The summed E-state index contributed by atoms with van der Waals surface area (Å²) < 4.78 is 0. The third-order valence-corrected chi connectivity index (χ3v) is 5.48. The number of amides is 2. The van der Waals surface area contributed by atoms with E-state index in [1.54, 1.807) is 0 Å². The maximum absolute atomic E-state index is 12.2. The molecule has 0 unspecified atom stereocenters. The Morgan fingerprint density at radius 3 is 2.14 bits per heavy atom. The number of nitrogens with zero attached hydrogens (tertiary/aromatic N) is 1. The Kier molecular flexibility index (Phi) is 6.91. The molecule has 1 heterocycles. The number of nitrogens with one attached hydrogen (secondary N) is 2. The second-order valence-electron chi connectivity index (χ2n) is 7.95. The van der Waals surface area contributed by atoms with Gasteiger partial charge in [-0.15, -0.1) is 0 Å². The standard InChI is InChI=1S/C24H31N3O2/c1-17-15-18(2)22(19(3)16-17)26-24(29)23(28)25-12-11-20-7-9-21(10-8-20)27-13-5-4-6-14-27/h7-10,15-16H,4-6,11-14H2,1-3H3,(H,25,28)(H,26,29). The lowest BCUT2D eigenvalue weighted by Gasteiger charge is -2.28. The smallest absolute Gasteiger partial charge is 0.313 e. The van der Waals surface area contributed by atoms with Crippen LogP contribution in [0.4, 0.5) is 11.4 Å². The van der Waals surface area contributed by atoms with Crippen LogP contribution in [0.15, 0.2) is 36.4 Å². The predicted molar refractivity (Wildman–Crippen MR) is 119 cm³/mol. The molecule has 2 amide bonds. The maximum atomic E-state index is 12.2. The highest BCUT2D eigenvalue weighted by Gasteiger charge is 2.16. The molecule has 2 aromatic rings. The summed E-state index contributed by atoms with van der Waals surface area (Å²) in [6.45, 7) is 8.57. The molecule has 0 saturated carbocycles. The maximum Gasteiger partial charge on any atom is 0.313 e. The second kappa shape index (κ2) is 9.59. The Morgan fingerprint density at radius 1 is 0.897 bits per heavy atom. The van der Waals surface area contributed by atoms with Gasteiger partial charge in [0.1, 0.15) is 0 Å². The number of anilines is 2. The van der Waals surface area contributed by atoms with E-state index in [-0.39, 0.29) is 0 Å². The fourth-order valence-corrected chi connectivity index (χ4v) is 3.97. The highest BCUT2D eigenvalue weighted by Crippen LogP contribution is 2.22. The first-order valence-electron chi connectivity index (χ1n) is 10.4. The zero-order chi connectivity index (χ0) is 20.8. The molecule has 0 aliphatic carbocycles. The summed E-state index contributed by atoms with van der Waals surface area (Å²) in [5.41, 5.74) is 6.17. The minimum atomic E-state index is -0.625. The molecule has 3 rings (SSSR count). The van der Waals surface area contributed by atoms with Gasteiger partial charge in [-0.2, -0.15) is 0 Å². The van der Waals surface area contributed by atoms with Gasteiger partial charge in [-0.3, -0.25) is 9.59 Å². The van der Waals surface area contributed by atoms with Crippen molar-refractivity contribution in [2.75, 3.05) is 29.9 Å². The van der Waals surface area contributed by atoms with Gasteiger partial charge in [0, 0.05) is 31.0 Å². The van der Waals surface area contributed by atoms with Crippen LogP contribution in [0.3, 0.4) is 0 Å². The van der Waals surface area contributed by atoms with Gasteiger partial charge < -0.3 is 15.5 Å². The first-order chi connectivity index (χ1) is 13.9. The minimum Gasteiger partial charge on any atom is -0.372 e. The third-order valence-electron chi connectivity index (χ3n) is 5.48. The largest absolute Gasteiger partial charge is 0.372 e. The molecule has 5 nitrogen and oxygen atoms in total. The number of piperidine rings is 1. The van der Waals surface area contributed by atoms with E-state index in [1.165, 1.54) is 24.9 Å². The van der Waals surface area contributed by atoms with Crippen LogP contribution in [0, 0.1) is 20.8 Å². The van der Waals surface area contributed by atoms with Gasteiger partial charge in [0.25, 0.3) is 0 Å². The summed E-state index contributed by atoms with van der Waals surface area (Å²) >= 11 is 0. The molecule has 1 fully saturated rings. The molecule has 1 aliphatic rings. The highest BCUT2D eigenvalue weighted by molar-refractivity contribution is 6.39. The lowest BCUT2D eigenvalue weighted by Crippen LogP contribution is -2.36. The summed E-state index contributed by atoms with van der Waals surface area (Å²) in [7, 11) is 0. The number of hydrogen-bond donors (Lipinski definition) is 2. The second-order valence-corrected chi connectivity index (χ2v) is 7.95. The normalized spacial score (nSPS) is 13.8. The third kappa shape index (κ3) is 5.59. The van der Waals surface area contributed by atoms with Crippen LogP contribution in [0.25, 0.3) is 0 Å². The molecule has 29 heavy (non-hydrogen) atoms. The number of carbonyl (C=O) groups is 2. The molecule has 5 heteroatoms. The number of hydrogen-bond acceptors (Lipinski definition) is 3. The van der Waals surface area contributed by atoms with Crippen molar-refractivity contribution in [2.24, 2.45) is 0 Å². The molecule has 1 saturated heterocycles. The summed E-state index contributed by atoms with van der Waals surface area (Å²) in [4.78, 5) is 26.8. The van der Waals surface area contributed by atoms with Crippen LogP contribution in [0.5, 0.6) is 0 Å². The molecule has 154 valence electrons. The minimum absolute atomic E-state index is 0.432. The number of benzene rings is 2. The van der Waals surface area contributed by atoms with Crippen LogP contribution < -0.4 is 15.5 Å². The summed E-state index contributed by atoms with van der Waals surface area (Å²) in [6, 6.07) is 12.5. The van der Waals surface area contributed by atoms with Crippen molar-refractivity contribution < 1.29 is 9.59 Å². The lowest BCUT2D eigenvalue weighted by atomic mass is 10.1. The van der Waals surface area contributed by atoms with Crippen molar-refractivity contribution in [1.29, 1.82) is 0 Å². The van der Waals surface area contributed by atoms with E-state index in [4.69, 9.17) is 0 Å². The predicted octanol–water partition coefficient (Wildman–Crippen LogP) is 3.90. The zero-order valence-corrected chi connectivity index (χ0v) is 17.7. The van der Waals surface area contributed by atoms with Crippen molar-refractivity contribution in [3.8, 4) is 0 Å². The van der Waals surface area contributed by atoms with Crippen molar-refractivity contribution >= 4 is 23.2 Å². The molecule has 2 N–H and O–H groups in total. The first-order valence-corrected chi connectivity index (χ1v) is 10.4. The fraction of sp³-hybridized carbons (Fsp3) is 0.417. The Balaban J connectivity index is 1.47. The molecular weight excluding hydrogens is 362 g/mol. The van der Waals surface area contributed by atoms with E-state index < -0.39 is 11.8 Å². The molecule has 0 radical (unpaired) electrons. The highest BCUT2D eigenvalue weighted by atomic mass is 16.2. The van der Waals surface area contributed by atoms with Crippen LogP contribution in [-0.2, 0) is 16.0 Å². The van der Waals surface area contributed by atoms with E-state index in [2.05, 4.69) is 39.8 Å². The van der Waals surface area contributed by atoms with Crippen molar-refractivity contribution in [2.45, 2.75) is 46.5 Å². The summed E-state index contributed by atoms with van der Waals surface area (Å²) in [5.74, 6) is -1.23.